The number of hydrogen-bond donors (Lipinski definition) is 5. The lowest BCUT2D eigenvalue weighted by molar-refractivity contribution is -0.147. The van der Waals surface area contributed by atoms with E-state index in [9.17, 15) is 19.2 Å². The lowest BCUT2D eigenvalue weighted by atomic mass is 10.1. The lowest BCUT2D eigenvalue weighted by Crippen LogP contribution is -2.42. The second-order valence-electron chi connectivity index (χ2n) is 7.99. The topological polar surface area (TPSA) is 213 Å². The third-order valence-corrected chi connectivity index (χ3v) is 5.11. The number of nitrogens with zero attached hydrogens (tertiary/aromatic N) is 1. The summed E-state index contributed by atoms with van der Waals surface area (Å²) in [6.45, 7) is 0.481. The highest BCUT2D eigenvalue weighted by atomic mass is 16.6. The molecule has 2 aromatic rings. The summed E-state index contributed by atoms with van der Waals surface area (Å²) in [5.41, 5.74) is 12.1. The van der Waals surface area contributed by atoms with Crippen LogP contribution in [0.5, 0.6) is 17.2 Å². The van der Waals surface area contributed by atoms with E-state index in [0.29, 0.717) is 17.7 Å². The number of nitrogens with two attached hydrogens (primary N) is 2. The number of esters is 1. The molecule has 37 heavy (non-hydrogen) atoms. The number of aliphatic carboxylic acids is 2. The maximum atomic E-state index is 12.9. The molecular weight excluding hydrogens is 488 g/mol. The van der Waals surface area contributed by atoms with E-state index in [2.05, 4.69) is 10.3 Å². The molecule has 1 aliphatic rings. The van der Waals surface area contributed by atoms with Crippen LogP contribution < -0.4 is 31.0 Å². The maximum Gasteiger partial charge on any atom is 0.347 e. The Labute approximate surface area is 211 Å². The van der Waals surface area contributed by atoms with Gasteiger partial charge in [0, 0.05) is 18.9 Å². The van der Waals surface area contributed by atoms with Crippen molar-refractivity contribution in [2.75, 3.05) is 13.2 Å². The minimum Gasteiger partial charge on any atom is -0.492 e. The number of ether oxygens (including phenoxy) is 3. The molecule has 3 rings (SSSR count). The lowest BCUT2D eigenvalue weighted by Gasteiger charge is -2.14. The van der Waals surface area contributed by atoms with E-state index in [1.807, 2.05) is 0 Å². The van der Waals surface area contributed by atoms with Crippen LogP contribution in [0.25, 0.3) is 0 Å². The number of rotatable bonds is 8. The number of guanidine groups is 1. The molecule has 13 heteroatoms. The number of nitrogens with one attached hydrogen (secondary N) is 1. The van der Waals surface area contributed by atoms with E-state index in [1.54, 1.807) is 18.2 Å². The zero-order valence-electron chi connectivity index (χ0n) is 19.6. The molecule has 0 radical (unpaired) electrons. The highest BCUT2D eigenvalue weighted by Gasteiger charge is 2.23. The number of fused-ring (bicyclic) bond motifs is 2. The molecule has 1 aliphatic heterocycles. The highest BCUT2D eigenvalue weighted by molar-refractivity contribution is 5.95. The van der Waals surface area contributed by atoms with Gasteiger partial charge in [0.1, 0.15) is 17.4 Å². The SMILES string of the molecule is NC(N)=Nc1ccc2c(c1)OCCCOc1cc(CCC(=O)NC(CC(=O)O)C(=O)O)ccc1OC2=O. The van der Waals surface area contributed by atoms with Crippen LogP contribution in [0.3, 0.4) is 0 Å². The van der Waals surface area contributed by atoms with E-state index >= 15 is 0 Å². The van der Waals surface area contributed by atoms with Crippen molar-refractivity contribution in [2.24, 2.45) is 16.5 Å². The second-order valence-corrected chi connectivity index (χ2v) is 7.99. The van der Waals surface area contributed by atoms with Crippen molar-refractivity contribution in [3.05, 3.63) is 47.5 Å². The van der Waals surface area contributed by atoms with E-state index in [1.165, 1.54) is 18.2 Å². The first-order valence-corrected chi connectivity index (χ1v) is 11.2. The van der Waals surface area contributed by atoms with Gasteiger partial charge in [-0.05, 0) is 36.2 Å². The summed E-state index contributed by atoms with van der Waals surface area (Å²) in [6.07, 6.45) is -0.148. The Bertz CT molecular complexity index is 1220. The van der Waals surface area contributed by atoms with Gasteiger partial charge in [-0.1, -0.05) is 6.07 Å². The van der Waals surface area contributed by atoms with Crippen LogP contribution in [0, 0.1) is 0 Å². The summed E-state index contributed by atoms with van der Waals surface area (Å²) in [7, 11) is 0. The standard InChI is InChI=1S/C24H26N4O9/c25-24(26)27-14-4-5-15-18(11-14)35-8-1-9-36-19-10-13(2-6-17(19)37-23(15)34)3-7-20(29)28-16(22(32)33)12-21(30)31/h2,4-6,10-11,16H,1,3,7-9,12H2,(H,28,29)(H,30,31)(H,32,33)(H4,25,26,27). The molecule has 0 saturated heterocycles. The summed E-state index contributed by atoms with van der Waals surface area (Å²) >= 11 is 0. The van der Waals surface area contributed by atoms with Crippen LogP contribution in [-0.4, -0.2) is 59.2 Å². The van der Waals surface area contributed by atoms with Gasteiger partial charge < -0.3 is 41.2 Å². The molecule has 0 spiro atoms. The highest BCUT2D eigenvalue weighted by Crippen LogP contribution is 2.33. The molecule has 196 valence electrons. The minimum absolute atomic E-state index is 0.0959. The molecule has 1 unspecified atom stereocenters. The van der Waals surface area contributed by atoms with Gasteiger partial charge in [0.2, 0.25) is 5.91 Å². The van der Waals surface area contributed by atoms with E-state index in [-0.39, 0.29) is 54.8 Å². The quantitative estimate of drug-likeness (QED) is 0.145. The smallest absolute Gasteiger partial charge is 0.347 e. The average Bonchev–Trinajstić information content (AvgIpc) is 2.85. The van der Waals surface area contributed by atoms with Crippen LogP contribution in [0.4, 0.5) is 5.69 Å². The van der Waals surface area contributed by atoms with Crippen molar-refractivity contribution in [2.45, 2.75) is 31.7 Å². The molecule has 1 atom stereocenters. The molecule has 0 aliphatic carbocycles. The molecular formula is C24H26N4O9. The molecule has 1 amide bonds. The Morgan fingerprint density at radius 1 is 1.00 bits per heavy atom. The Balaban J connectivity index is 1.73. The summed E-state index contributed by atoms with van der Waals surface area (Å²) in [6, 6.07) is 7.80. The molecule has 1 heterocycles. The number of carbonyl (C=O) groups is 4. The molecule has 0 saturated carbocycles. The van der Waals surface area contributed by atoms with Crippen LogP contribution in [0.1, 0.15) is 35.2 Å². The third-order valence-electron chi connectivity index (χ3n) is 5.11. The molecule has 0 fully saturated rings. The van der Waals surface area contributed by atoms with Crippen LogP contribution in [0.2, 0.25) is 0 Å². The molecule has 7 N–H and O–H groups in total. The minimum atomic E-state index is -1.53. The van der Waals surface area contributed by atoms with Crippen LogP contribution >= 0.6 is 0 Å². The predicted octanol–water partition coefficient (Wildman–Crippen LogP) is 0.949. The van der Waals surface area contributed by atoms with Crippen molar-refractivity contribution < 1.29 is 43.6 Å². The van der Waals surface area contributed by atoms with Gasteiger partial charge in [-0.3, -0.25) is 9.59 Å². The monoisotopic (exact) mass is 514 g/mol. The average molecular weight is 514 g/mol. The van der Waals surface area contributed by atoms with Crippen molar-refractivity contribution in [1.29, 1.82) is 0 Å². The first kappa shape index (κ1) is 26.8. The van der Waals surface area contributed by atoms with Crippen molar-refractivity contribution in [1.82, 2.24) is 5.32 Å². The summed E-state index contributed by atoms with van der Waals surface area (Å²) in [5, 5.41) is 20.1. The zero-order chi connectivity index (χ0) is 26.9. The molecule has 0 bridgehead atoms. The van der Waals surface area contributed by atoms with Gasteiger partial charge in [-0.15, -0.1) is 0 Å². The largest absolute Gasteiger partial charge is 0.492 e. The molecule has 13 nitrogen and oxygen atoms in total. The van der Waals surface area contributed by atoms with Crippen molar-refractivity contribution in [3.63, 3.8) is 0 Å². The number of carboxylic acid groups (broad SMARTS) is 2. The molecule has 0 aromatic heterocycles. The Kier molecular flexibility index (Phi) is 8.86. The van der Waals surface area contributed by atoms with Gasteiger partial charge in [0.25, 0.3) is 0 Å². The van der Waals surface area contributed by atoms with Gasteiger partial charge in [0.15, 0.2) is 17.5 Å². The number of carboxylic acids is 2. The molecule has 2 aromatic carbocycles. The first-order valence-electron chi connectivity index (χ1n) is 11.2. The predicted molar refractivity (Wildman–Crippen MR) is 129 cm³/mol. The number of carbonyl (C=O) groups excluding carboxylic acids is 2. The number of aliphatic imine (C=N–C) groups is 1. The maximum absolute atomic E-state index is 12.9. The van der Waals surface area contributed by atoms with Crippen molar-refractivity contribution in [3.8, 4) is 17.2 Å². The number of hydrogen-bond acceptors (Lipinski definition) is 8. The number of aryl methyl sites for hydroxylation is 1. The van der Waals surface area contributed by atoms with Gasteiger partial charge in [-0.25, -0.2) is 14.6 Å². The van der Waals surface area contributed by atoms with E-state index in [4.69, 9.17) is 35.9 Å². The summed E-state index contributed by atoms with van der Waals surface area (Å²) in [5.74, 6) is -3.54. The third kappa shape index (κ3) is 7.85. The number of amides is 1. The fraction of sp³-hybridized carbons (Fsp3) is 0.292. The Morgan fingerprint density at radius 3 is 2.41 bits per heavy atom. The fourth-order valence-corrected chi connectivity index (χ4v) is 3.40. The van der Waals surface area contributed by atoms with Gasteiger partial charge >= 0.3 is 17.9 Å². The fourth-order valence-electron chi connectivity index (χ4n) is 3.40. The first-order chi connectivity index (χ1) is 17.6. The Morgan fingerprint density at radius 2 is 1.73 bits per heavy atom. The summed E-state index contributed by atoms with van der Waals surface area (Å²) in [4.78, 5) is 50.9. The van der Waals surface area contributed by atoms with Crippen LogP contribution in [0.15, 0.2) is 41.4 Å². The van der Waals surface area contributed by atoms with Gasteiger partial charge in [-0.2, -0.15) is 0 Å². The van der Waals surface area contributed by atoms with Crippen LogP contribution in [-0.2, 0) is 20.8 Å². The second kappa shape index (κ2) is 12.2. The number of benzene rings is 2. The Hall–Kier alpha value is -4.81. The van der Waals surface area contributed by atoms with Crippen molar-refractivity contribution >= 4 is 35.5 Å². The van der Waals surface area contributed by atoms with E-state index < -0.39 is 36.3 Å². The van der Waals surface area contributed by atoms with E-state index in [0.717, 1.165) is 0 Å². The van der Waals surface area contributed by atoms with Gasteiger partial charge in [0.05, 0.1) is 25.3 Å². The zero-order valence-corrected chi connectivity index (χ0v) is 19.6. The normalized spacial score (nSPS) is 13.7. The summed E-state index contributed by atoms with van der Waals surface area (Å²) < 4.78 is 17.0.